The highest BCUT2D eigenvalue weighted by molar-refractivity contribution is 7.16. The number of imide groups is 1. The van der Waals surface area contributed by atoms with Crippen LogP contribution in [0, 0.1) is 0 Å². The summed E-state index contributed by atoms with van der Waals surface area (Å²) in [6.45, 7) is 1.51. The van der Waals surface area contributed by atoms with E-state index >= 15 is 0 Å². The first-order chi connectivity index (χ1) is 13.1. The molecule has 0 bridgehead atoms. The molecule has 1 atom stereocenters. The second kappa shape index (κ2) is 7.91. The van der Waals surface area contributed by atoms with E-state index in [-0.39, 0.29) is 17.5 Å². The molecular formula is C18H16Cl3N3O3S. The first-order valence-corrected chi connectivity index (χ1v) is 10.1. The number of amides is 4. The number of rotatable bonds is 5. The maximum Gasteiger partial charge on any atom is 0.325 e. The van der Waals surface area contributed by atoms with Crippen molar-refractivity contribution in [3.05, 3.63) is 55.2 Å². The Bertz CT molecular complexity index is 965. The van der Waals surface area contributed by atoms with Crippen molar-refractivity contribution in [1.29, 1.82) is 0 Å². The number of nitrogens with zero attached hydrogens (tertiary/aromatic N) is 2. The van der Waals surface area contributed by atoms with E-state index in [1.165, 1.54) is 22.3 Å². The van der Waals surface area contributed by atoms with Gasteiger partial charge < -0.3 is 10.2 Å². The number of hydrogen-bond donors (Lipinski definition) is 1. The normalized spacial score (nSPS) is 19.1. The van der Waals surface area contributed by atoms with Crippen LogP contribution in [0.4, 0.5) is 4.79 Å². The van der Waals surface area contributed by atoms with Crippen LogP contribution in [0.5, 0.6) is 0 Å². The zero-order valence-corrected chi connectivity index (χ0v) is 18.0. The molecule has 1 aliphatic heterocycles. The van der Waals surface area contributed by atoms with Crippen LogP contribution in [-0.2, 0) is 21.7 Å². The molecule has 1 N–H and O–H groups in total. The summed E-state index contributed by atoms with van der Waals surface area (Å²) in [6, 6.07) is 7.58. The minimum Gasteiger partial charge on any atom is -0.339 e. The average Bonchev–Trinajstić information content (AvgIpc) is 3.11. The van der Waals surface area contributed by atoms with E-state index in [0.717, 1.165) is 9.78 Å². The van der Waals surface area contributed by atoms with Crippen molar-refractivity contribution in [3.8, 4) is 0 Å². The molecule has 1 aromatic carbocycles. The van der Waals surface area contributed by atoms with Crippen molar-refractivity contribution >= 4 is 64.0 Å². The van der Waals surface area contributed by atoms with Crippen LogP contribution >= 0.6 is 46.1 Å². The Morgan fingerprint density at radius 2 is 1.93 bits per heavy atom. The molecule has 4 amide bonds. The second-order valence-corrected chi connectivity index (χ2v) is 9.17. The highest BCUT2D eigenvalue weighted by Crippen LogP contribution is 2.35. The van der Waals surface area contributed by atoms with E-state index < -0.39 is 17.5 Å². The fourth-order valence-electron chi connectivity index (χ4n) is 2.93. The van der Waals surface area contributed by atoms with Gasteiger partial charge in [-0.3, -0.25) is 14.5 Å². The van der Waals surface area contributed by atoms with Crippen molar-refractivity contribution in [3.63, 3.8) is 0 Å². The molecule has 6 nitrogen and oxygen atoms in total. The SMILES string of the molecule is CN(Cc1ccc(Cl)s1)C(=O)CN1C(=O)NC(C)(c2ccc(Cl)cc2Cl)C1=O. The monoisotopic (exact) mass is 459 g/mol. The fraction of sp³-hybridized carbons (Fsp3) is 0.278. The topological polar surface area (TPSA) is 69.7 Å². The van der Waals surface area contributed by atoms with E-state index in [1.54, 1.807) is 32.2 Å². The second-order valence-electron chi connectivity index (χ2n) is 6.53. The lowest BCUT2D eigenvalue weighted by Crippen LogP contribution is -2.43. The molecule has 3 rings (SSSR count). The van der Waals surface area contributed by atoms with Gasteiger partial charge in [-0.1, -0.05) is 40.9 Å². The number of hydrogen-bond acceptors (Lipinski definition) is 4. The van der Waals surface area contributed by atoms with Crippen molar-refractivity contribution in [2.75, 3.05) is 13.6 Å². The minimum absolute atomic E-state index is 0.253. The Balaban J connectivity index is 1.75. The third-order valence-electron chi connectivity index (χ3n) is 4.49. The first kappa shape index (κ1) is 20.9. The van der Waals surface area contributed by atoms with Gasteiger partial charge in [0.15, 0.2) is 0 Å². The van der Waals surface area contributed by atoms with Crippen molar-refractivity contribution < 1.29 is 14.4 Å². The van der Waals surface area contributed by atoms with Gasteiger partial charge in [-0.25, -0.2) is 4.79 Å². The van der Waals surface area contributed by atoms with Crippen LogP contribution in [0.15, 0.2) is 30.3 Å². The van der Waals surface area contributed by atoms with Crippen LogP contribution in [0.25, 0.3) is 0 Å². The number of thiophene rings is 1. The van der Waals surface area contributed by atoms with Crippen molar-refractivity contribution in [2.45, 2.75) is 19.0 Å². The maximum absolute atomic E-state index is 13.0. The van der Waals surface area contributed by atoms with E-state index in [4.69, 9.17) is 34.8 Å². The lowest BCUT2D eigenvalue weighted by atomic mass is 9.92. The summed E-state index contributed by atoms with van der Waals surface area (Å²) in [5.74, 6) is -0.929. The zero-order chi connectivity index (χ0) is 20.6. The highest BCUT2D eigenvalue weighted by atomic mass is 35.5. The molecule has 1 fully saturated rings. The Morgan fingerprint density at radius 3 is 2.54 bits per heavy atom. The number of carbonyl (C=O) groups excluding carboxylic acids is 3. The average molecular weight is 461 g/mol. The molecule has 0 aliphatic carbocycles. The summed E-state index contributed by atoms with van der Waals surface area (Å²) in [7, 11) is 1.60. The summed E-state index contributed by atoms with van der Waals surface area (Å²) in [4.78, 5) is 41.1. The van der Waals surface area contributed by atoms with Gasteiger partial charge in [-0.05, 0) is 31.2 Å². The molecule has 1 saturated heterocycles. The molecule has 2 heterocycles. The lowest BCUT2D eigenvalue weighted by Gasteiger charge is -2.24. The molecule has 148 valence electrons. The van der Waals surface area contributed by atoms with E-state index in [1.807, 2.05) is 6.07 Å². The maximum atomic E-state index is 13.0. The molecular weight excluding hydrogens is 445 g/mol. The molecule has 2 aromatic rings. The number of urea groups is 1. The van der Waals surface area contributed by atoms with Crippen LogP contribution in [0.3, 0.4) is 0 Å². The van der Waals surface area contributed by atoms with E-state index in [0.29, 0.717) is 21.5 Å². The Morgan fingerprint density at radius 1 is 1.21 bits per heavy atom. The fourth-order valence-corrected chi connectivity index (χ4v) is 4.67. The molecule has 10 heteroatoms. The van der Waals surface area contributed by atoms with E-state index in [2.05, 4.69) is 5.32 Å². The van der Waals surface area contributed by atoms with Gasteiger partial charge in [-0.15, -0.1) is 11.3 Å². The van der Waals surface area contributed by atoms with Crippen LogP contribution < -0.4 is 5.32 Å². The van der Waals surface area contributed by atoms with Gasteiger partial charge in [-0.2, -0.15) is 0 Å². The summed E-state index contributed by atoms with van der Waals surface area (Å²) < 4.78 is 0.626. The highest BCUT2D eigenvalue weighted by Gasteiger charge is 2.50. The summed E-state index contributed by atoms with van der Waals surface area (Å²) in [5.41, 5.74) is -0.966. The van der Waals surface area contributed by atoms with Crippen molar-refractivity contribution in [1.82, 2.24) is 15.1 Å². The Kier molecular flexibility index (Phi) is 5.91. The third kappa shape index (κ3) is 3.98. The van der Waals surface area contributed by atoms with Gasteiger partial charge in [0.2, 0.25) is 5.91 Å². The molecule has 28 heavy (non-hydrogen) atoms. The molecule has 0 saturated carbocycles. The minimum atomic E-state index is -1.38. The van der Waals surface area contributed by atoms with Crippen LogP contribution in [-0.4, -0.2) is 41.2 Å². The number of carbonyl (C=O) groups is 3. The van der Waals surface area contributed by atoms with E-state index in [9.17, 15) is 14.4 Å². The van der Waals surface area contributed by atoms with Gasteiger partial charge in [0.05, 0.1) is 10.9 Å². The predicted molar refractivity (Wildman–Crippen MR) is 110 cm³/mol. The first-order valence-electron chi connectivity index (χ1n) is 8.19. The molecule has 0 radical (unpaired) electrons. The smallest absolute Gasteiger partial charge is 0.325 e. The molecule has 1 unspecified atom stereocenters. The number of benzene rings is 1. The zero-order valence-electron chi connectivity index (χ0n) is 15.0. The lowest BCUT2D eigenvalue weighted by molar-refractivity contribution is -0.138. The number of nitrogens with one attached hydrogen (secondary N) is 1. The van der Waals surface area contributed by atoms with Gasteiger partial charge >= 0.3 is 6.03 Å². The predicted octanol–water partition coefficient (Wildman–Crippen LogP) is 4.13. The van der Waals surface area contributed by atoms with Crippen LogP contribution in [0.2, 0.25) is 14.4 Å². The Labute approximate surface area is 181 Å². The molecule has 1 aliphatic rings. The standard InChI is InChI=1S/C18H16Cl3N3O3S/c1-18(12-5-3-10(19)7-13(12)20)16(26)24(17(27)22-18)9-15(25)23(2)8-11-4-6-14(21)28-11/h3-7H,8-9H2,1-2H3,(H,22,27). The number of likely N-dealkylation sites (N-methyl/N-ethyl adjacent to an activating group) is 1. The van der Waals surface area contributed by atoms with Gasteiger partial charge in [0.1, 0.15) is 12.1 Å². The quantitative estimate of drug-likeness (QED) is 0.682. The van der Waals surface area contributed by atoms with Crippen LogP contribution in [0.1, 0.15) is 17.4 Å². The molecule has 1 aromatic heterocycles. The number of halogens is 3. The summed E-state index contributed by atoms with van der Waals surface area (Å²) in [5, 5.41) is 3.29. The summed E-state index contributed by atoms with van der Waals surface area (Å²) >= 11 is 19.4. The third-order valence-corrected chi connectivity index (χ3v) is 6.25. The van der Waals surface area contributed by atoms with Gasteiger partial charge in [0.25, 0.3) is 5.91 Å². The Hall–Kier alpha value is -1.80. The largest absolute Gasteiger partial charge is 0.339 e. The van der Waals surface area contributed by atoms with Crippen molar-refractivity contribution in [2.24, 2.45) is 0 Å². The summed E-state index contributed by atoms with van der Waals surface area (Å²) in [6.07, 6.45) is 0. The van der Waals surface area contributed by atoms with Gasteiger partial charge in [0, 0.05) is 27.5 Å². The molecule has 0 spiro atoms.